The molecule has 3 rings (SSSR count). The SMILES string of the molecule is COc1ccc(OC)c(-c2c(C#N)c(N)nc3c2CSC3C)c1. The molecule has 0 saturated carbocycles. The largest absolute Gasteiger partial charge is 0.497 e. The number of nitrogens with two attached hydrogens (primary N) is 1. The van der Waals surface area contributed by atoms with Crippen LogP contribution in [0.25, 0.3) is 11.1 Å². The summed E-state index contributed by atoms with van der Waals surface area (Å²) in [6, 6.07) is 7.75. The molecular formula is C17H17N3O2S. The Morgan fingerprint density at radius 2 is 2.13 bits per heavy atom. The Balaban J connectivity index is 2.37. The number of nitrogen functional groups attached to an aromatic ring is 1. The number of hydrogen-bond acceptors (Lipinski definition) is 6. The molecule has 0 saturated heterocycles. The van der Waals surface area contributed by atoms with Gasteiger partial charge >= 0.3 is 0 Å². The summed E-state index contributed by atoms with van der Waals surface area (Å²) in [7, 11) is 3.22. The molecule has 0 fully saturated rings. The molecule has 0 radical (unpaired) electrons. The first-order valence-corrected chi connectivity index (χ1v) is 8.21. The first kappa shape index (κ1) is 15.5. The van der Waals surface area contributed by atoms with E-state index in [0.717, 1.165) is 28.1 Å². The van der Waals surface area contributed by atoms with Gasteiger partial charge in [-0.3, -0.25) is 0 Å². The van der Waals surface area contributed by atoms with Crippen LogP contribution in [0.4, 0.5) is 5.82 Å². The molecule has 2 heterocycles. The van der Waals surface area contributed by atoms with Gasteiger partial charge < -0.3 is 15.2 Å². The topological polar surface area (TPSA) is 81.2 Å². The molecule has 1 aromatic carbocycles. The Morgan fingerprint density at radius 1 is 1.35 bits per heavy atom. The van der Waals surface area contributed by atoms with Crippen LogP contribution in [0.1, 0.15) is 29.0 Å². The van der Waals surface area contributed by atoms with Gasteiger partial charge in [0.2, 0.25) is 0 Å². The van der Waals surface area contributed by atoms with Crippen LogP contribution in [0.2, 0.25) is 0 Å². The minimum Gasteiger partial charge on any atom is -0.497 e. The summed E-state index contributed by atoms with van der Waals surface area (Å²) < 4.78 is 10.8. The molecule has 1 unspecified atom stereocenters. The quantitative estimate of drug-likeness (QED) is 0.929. The Labute approximate surface area is 139 Å². The summed E-state index contributed by atoms with van der Waals surface area (Å²) in [6.45, 7) is 2.10. The van der Waals surface area contributed by atoms with Crippen molar-refractivity contribution in [2.75, 3.05) is 20.0 Å². The van der Waals surface area contributed by atoms with E-state index in [2.05, 4.69) is 18.0 Å². The number of anilines is 1. The Morgan fingerprint density at radius 3 is 2.78 bits per heavy atom. The Hall–Kier alpha value is -2.39. The Kier molecular flexibility index (Phi) is 4.05. The molecule has 1 atom stereocenters. The van der Waals surface area contributed by atoms with Gasteiger partial charge in [-0.05, 0) is 30.7 Å². The van der Waals surface area contributed by atoms with E-state index in [9.17, 15) is 5.26 Å². The zero-order chi connectivity index (χ0) is 16.6. The van der Waals surface area contributed by atoms with Crippen LogP contribution >= 0.6 is 11.8 Å². The smallest absolute Gasteiger partial charge is 0.142 e. The van der Waals surface area contributed by atoms with Crippen molar-refractivity contribution in [2.24, 2.45) is 0 Å². The number of pyridine rings is 1. The van der Waals surface area contributed by atoms with Crippen LogP contribution in [0.15, 0.2) is 18.2 Å². The monoisotopic (exact) mass is 327 g/mol. The third kappa shape index (κ3) is 2.47. The molecule has 0 amide bonds. The van der Waals surface area contributed by atoms with Gasteiger partial charge in [0.1, 0.15) is 28.9 Å². The van der Waals surface area contributed by atoms with Gasteiger partial charge in [0, 0.05) is 22.1 Å². The van der Waals surface area contributed by atoms with Gasteiger partial charge in [0.05, 0.1) is 19.9 Å². The van der Waals surface area contributed by atoms with E-state index in [1.807, 2.05) is 18.2 Å². The molecule has 1 aromatic heterocycles. The highest BCUT2D eigenvalue weighted by atomic mass is 32.2. The minimum absolute atomic E-state index is 0.260. The molecule has 1 aliphatic rings. The van der Waals surface area contributed by atoms with Crippen molar-refractivity contribution in [3.05, 3.63) is 35.0 Å². The lowest BCUT2D eigenvalue weighted by Crippen LogP contribution is -2.05. The number of hydrogen-bond donors (Lipinski definition) is 1. The predicted octanol–water partition coefficient (Wildman–Crippen LogP) is 3.53. The molecule has 118 valence electrons. The summed E-state index contributed by atoms with van der Waals surface area (Å²) in [5.41, 5.74) is 10.1. The zero-order valence-electron chi connectivity index (χ0n) is 13.2. The minimum atomic E-state index is 0.260. The lowest BCUT2D eigenvalue weighted by molar-refractivity contribution is 0.404. The maximum atomic E-state index is 9.60. The molecule has 0 spiro atoms. The van der Waals surface area contributed by atoms with Crippen molar-refractivity contribution >= 4 is 17.6 Å². The third-order valence-electron chi connectivity index (χ3n) is 4.01. The first-order chi connectivity index (χ1) is 11.1. The van der Waals surface area contributed by atoms with E-state index in [4.69, 9.17) is 15.2 Å². The van der Waals surface area contributed by atoms with Crippen molar-refractivity contribution in [2.45, 2.75) is 17.9 Å². The number of nitriles is 1. The summed E-state index contributed by atoms with van der Waals surface area (Å²) in [5.74, 6) is 2.45. The van der Waals surface area contributed by atoms with Gasteiger partial charge in [-0.2, -0.15) is 5.26 Å². The fraction of sp³-hybridized carbons (Fsp3) is 0.294. The number of aromatic nitrogens is 1. The number of nitrogens with zero attached hydrogens (tertiary/aromatic N) is 2. The predicted molar refractivity (Wildman–Crippen MR) is 91.6 cm³/mol. The van der Waals surface area contributed by atoms with Gasteiger partial charge in [-0.1, -0.05) is 0 Å². The van der Waals surface area contributed by atoms with Gasteiger partial charge in [-0.25, -0.2) is 4.98 Å². The maximum absolute atomic E-state index is 9.60. The van der Waals surface area contributed by atoms with Crippen LogP contribution in [0.5, 0.6) is 11.5 Å². The highest BCUT2D eigenvalue weighted by Gasteiger charge is 2.29. The normalized spacial score (nSPS) is 15.8. The molecular weight excluding hydrogens is 310 g/mol. The van der Waals surface area contributed by atoms with E-state index >= 15 is 0 Å². The van der Waals surface area contributed by atoms with Crippen LogP contribution in [-0.2, 0) is 5.75 Å². The molecule has 0 bridgehead atoms. The standard InChI is InChI=1S/C17H17N3O2S/c1-9-16-13(8-23-9)15(12(7-18)17(19)20-16)11-6-10(21-2)4-5-14(11)22-3/h4-6,9H,8H2,1-3H3,(H2,19,20). The number of fused-ring (bicyclic) bond motifs is 1. The van der Waals surface area contributed by atoms with Crippen molar-refractivity contribution in [3.63, 3.8) is 0 Å². The van der Waals surface area contributed by atoms with Crippen LogP contribution in [0, 0.1) is 11.3 Å². The fourth-order valence-corrected chi connectivity index (χ4v) is 3.91. The Bertz CT molecular complexity index is 814. The molecule has 2 N–H and O–H groups in total. The van der Waals surface area contributed by atoms with Gasteiger partial charge in [0.25, 0.3) is 0 Å². The summed E-state index contributed by atoms with van der Waals surface area (Å²) in [4.78, 5) is 4.45. The van der Waals surface area contributed by atoms with E-state index < -0.39 is 0 Å². The zero-order valence-corrected chi connectivity index (χ0v) is 14.0. The number of methoxy groups -OCH3 is 2. The van der Waals surface area contributed by atoms with E-state index in [-0.39, 0.29) is 11.1 Å². The van der Waals surface area contributed by atoms with E-state index in [1.165, 1.54) is 0 Å². The number of rotatable bonds is 3. The number of benzene rings is 1. The average Bonchev–Trinajstić information content (AvgIpc) is 2.93. The highest BCUT2D eigenvalue weighted by Crippen LogP contribution is 2.48. The van der Waals surface area contributed by atoms with Crippen LogP contribution in [-0.4, -0.2) is 19.2 Å². The summed E-state index contributed by atoms with van der Waals surface area (Å²) >= 11 is 1.79. The second-order valence-electron chi connectivity index (χ2n) is 5.24. The second kappa shape index (κ2) is 6.01. The van der Waals surface area contributed by atoms with Gasteiger partial charge in [-0.15, -0.1) is 11.8 Å². The summed E-state index contributed by atoms with van der Waals surface area (Å²) in [6.07, 6.45) is 0. The molecule has 1 aliphatic heterocycles. The van der Waals surface area contributed by atoms with Crippen LogP contribution < -0.4 is 15.2 Å². The van der Waals surface area contributed by atoms with Crippen molar-refractivity contribution in [3.8, 4) is 28.7 Å². The van der Waals surface area contributed by atoms with E-state index in [0.29, 0.717) is 17.1 Å². The number of thioether (sulfide) groups is 1. The van der Waals surface area contributed by atoms with E-state index in [1.54, 1.807) is 26.0 Å². The van der Waals surface area contributed by atoms with Crippen molar-refractivity contribution in [1.29, 1.82) is 5.26 Å². The molecule has 2 aromatic rings. The lowest BCUT2D eigenvalue weighted by Gasteiger charge is -2.16. The molecule has 0 aliphatic carbocycles. The molecule has 6 heteroatoms. The highest BCUT2D eigenvalue weighted by molar-refractivity contribution is 7.99. The molecule has 23 heavy (non-hydrogen) atoms. The first-order valence-electron chi connectivity index (χ1n) is 7.17. The maximum Gasteiger partial charge on any atom is 0.142 e. The van der Waals surface area contributed by atoms with Crippen molar-refractivity contribution in [1.82, 2.24) is 4.98 Å². The lowest BCUT2D eigenvalue weighted by atomic mass is 9.93. The third-order valence-corrected chi connectivity index (χ3v) is 5.19. The second-order valence-corrected chi connectivity index (χ2v) is 6.57. The number of ether oxygens (including phenoxy) is 2. The fourth-order valence-electron chi connectivity index (χ4n) is 2.85. The summed E-state index contributed by atoms with van der Waals surface area (Å²) in [5, 5.41) is 9.86. The average molecular weight is 327 g/mol. The van der Waals surface area contributed by atoms with Crippen molar-refractivity contribution < 1.29 is 9.47 Å². The van der Waals surface area contributed by atoms with Gasteiger partial charge in [0.15, 0.2) is 0 Å². The molecule has 5 nitrogen and oxygen atoms in total. The van der Waals surface area contributed by atoms with Crippen LogP contribution in [0.3, 0.4) is 0 Å².